The Balaban J connectivity index is 0.000000463. The third kappa shape index (κ3) is 4.41. The molecule has 0 aliphatic rings. The molecule has 23 heavy (non-hydrogen) atoms. The number of H-pyrrole nitrogens is 1. The van der Waals surface area contributed by atoms with Crippen molar-refractivity contribution in [3.63, 3.8) is 0 Å². The van der Waals surface area contributed by atoms with Gasteiger partial charge in [0, 0.05) is 22.2 Å². The highest BCUT2D eigenvalue weighted by atomic mass is 35.5. The van der Waals surface area contributed by atoms with Gasteiger partial charge in [0.2, 0.25) is 0 Å². The van der Waals surface area contributed by atoms with E-state index >= 15 is 0 Å². The number of carbonyl (C=O) groups excluding carboxylic acids is 1. The van der Waals surface area contributed by atoms with Gasteiger partial charge in [-0.25, -0.2) is 0 Å². The maximum atomic E-state index is 11.2. The Kier molecular flexibility index (Phi) is 6.07. The number of halogens is 1. The minimum absolute atomic E-state index is 0.00537. The van der Waals surface area contributed by atoms with Crippen molar-refractivity contribution in [3.05, 3.63) is 33.0 Å². The van der Waals surface area contributed by atoms with E-state index in [9.17, 15) is 23.3 Å². The molecule has 1 heterocycles. The number of aryl methyl sites for hydroxylation is 1. The average Bonchev–Trinajstić information content (AvgIpc) is 2.74. The topological polar surface area (TPSA) is 140 Å². The second kappa shape index (κ2) is 7.40. The van der Waals surface area contributed by atoms with Crippen molar-refractivity contribution in [1.29, 1.82) is 0 Å². The van der Waals surface area contributed by atoms with Gasteiger partial charge in [0.15, 0.2) is 0 Å². The zero-order valence-corrected chi connectivity index (χ0v) is 13.6. The van der Waals surface area contributed by atoms with Crippen LogP contribution in [-0.2, 0) is 19.6 Å². The van der Waals surface area contributed by atoms with Gasteiger partial charge in [-0.05, 0) is 19.9 Å². The van der Waals surface area contributed by atoms with Crippen molar-refractivity contribution in [2.75, 3.05) is 6.61 Å². The largest absolute Gasteiger partial charge is 0.468 e. The highest BCUT2D eigenvalue weighted by molar-refractivity contribution is 7.86. The summed E-state index contributed by atoms with van der Waals surface area (Å²) in [6.07, 6.45) is 0. The first-order chi connectivity index (χ1) is 10.6. The fourth-order valence-corrected chi connectivity index (χ4v) is 2.98. The lowest BCUT2D eigenvalue weighted by Gasteiger charge is -1.98. The number of rotatable bonds is 4. The summed E-state index contributed by atoms with van der Waals surface area (Å²) >= 11 is 5.70. The van der Waals surface area contributed by atoms with E-state index in [1.165, 1.54) is 13.0 Å². The second-order valence-corrected chi connectivity index (χ2v) is 6.01. The maximum absolute atomic E-state index is 11.2. The lowest BCUT2D eigenvalue weighted by atomic mass is 10.2. The summed E-state index contributed by atoms with van der Waals surface area (Å²) in [5, 5.41) is 10.9. The number of carbonyl (C=O) groups is 1. The van der Waals surface area contributed by atoms with Gasteiger partial charge in [0.1, 0.15) is 10.4 Å². The second-order valence-electron chi connectivity index (χ2n) is 4.21. The highest BCUT2D eigenvalue weighted by Crippen LogP contribution is 2.34. The van der Waals surface area contributed by atoms with Crippen LogP contribution in [0.3, 0.4) is 0 Å². The molecule has 0 aliphatic heterocycles. The molecule has 1 aromatic heterocycles. The number of aromatic amines is 1. The van der Waals surface area contributed by atoms with E-state index < -0.39 is 19.9 Å². The van der Waals surface area contributed by atoms with Gasteiger partial charge in [-0.15, -0.1) is 0 Å². The summed E-state index contributed by atoms with van der Waals surface area (Å²) in [7, 11) is -4.49. The first-order valence-electron chi connectivity index (χ1n) is 6.12. The number of benzene rings is 1. The number of fused-ring (bicyclic) bond motifs is 1. The SMILES string of the molecule is CCOC=O.Cc1[nH]c2c([N+](=O)[O-])cc(Cl)cc2c1S(=O)(=O)O. The predicted octanol–water partition coefficient (Wildman–Crippen LogP) is 2.46. The van der Waals surface area contributed by atoms with Gasteiger partial charge < -0.3 is 9.72 Å². The third-order valence-electron chi connectivity index (χ3n) is 2.67. The van der Waals surface area contributed by atoms with Crippen molar-refractivity contribution < 1.29 is 27.4 Å². The molecule has 9 nitrogen and oxygen atoms in total. The zero-order chi connectivity index (χ0) is 17.8. The van der Waals surface area contributed by atoms with E-state index in [0.29, 0.717) is 13.1 Å². The number of nitrogens with zero attached hydrogens (tertiary/aromatic N) is 1. The van der Waals surface area contributed by atoms with Crippen LogP contribution in [0.25, 0.3) is 10.9 Å². The highest BCUT2D eigenvalue weighted by Gasteiger charge is 2.25. The van der Waals surface area contributed by atoms with Gasteiger partial charge in [-0.3, -0.25) is 19.5 Å². The molecule has 1 aromatic carbocycles. The molecule has 2 rings (SSSR count). The number of nitrogens with one attached hydrogen (secondary N) is 1. The fraction of sp³-hybridized carbons (Fsp3) is 0.250. The quantitative estimate of drug-likeness (QED) is 0.367. The Bertz CT molecular complexity index is 845. The smallest absolute Gasteiger partial charge is 0.296 e. The van der Waals surface area contributed by atoms with E-state index in [4.69, 9.17) is 16.2 Å². The number of nitro groups is 1. The van der Waals surface area contributed by atoms with Crippen molar-refractivity contribution in [3.8, 4) is 0 Å². The first-order valence-corrected chi connectivity index (χ1v) is 7.94. The third-order valence-corrected chi connectivity index (χ3v) is 3.93. The first kappa shape index (κ1) is 18.9. The molecule has 11 heteroatoms. The molecule has 0 bridgehead atoms. The molecule has 2 N–H and O–H groups in total. The van der Waals surface area contributed by atoms with Crippen LogP contribution in [0.15, 0.2) is 17.0 Å². The summed E-state index contributed by atoms with van der Waals surface area (Å²) in [4.78, 5) is 21.5. The minimum Gasteiger partial charge on any atom is -0.468 e. The molecule has 0 aliphatic carbocycles. The van der Waals surface area contributed by atoms with Crippen LogP contribution < -0.4 is 0 Å². The van der Waals surface area contributed by atoms with Gasteiger partial charge in [-0.2, -0.15) is 8.42 Å². The standard InChI is InChI=1S/C9H7ClN2O5S.C3H6O2/c1-4-9(18(15,16)17)6-2-5(10)3-7(12(13)14)8(6)11-4;1-2-5-3-4/h2-3,11H,1H3,(H,15,16,17);3H,2H2,1H3. The van der Waals surface area contributed by atoms with Crippen molar-refractivity contribution in [2.24, 2.45) is 0 Å². The van der Waals surface area contributed by atoms with E-state index in [1.807, 2.05) is 0 Å². The number of non-ortho nitro benzene ring substituents is 1. The van der Waals surface area contributed by atoms with Crippen molar-refractivity contribution in [1.82, 2.24) is 4.98 Å². The molecule has 0 radical (unpaired) electrons. The molecule has 0 saturated carbocycles. The molecular formula is C12H13ClN2O7S. The maximum Gasteiger partial charge on any atom is 0.296 e. The molecule has 0 atom stereocenters. The molecule has 0 spiro atoms. The molecular weight excluding hydrogens is 352 g/mol. The average molecular weight is 365 g/mol. The van der Waals surface area contributed by atoms with Crippen LogP contribution in [0.4, 0.5) is 5.69 Å². The minimum atomic E-state index is -4.49. The fourth-order valence-electron chi connectivity index (χ4n) is 1.89. The Morgan fingerprint density at radius 2 is 2.09 bits per heavy atom. The number of aromatic nitrogens is 1. The Morgan fingerprint density at radius 3 is 2.48 bits per heavy atom. The Labute approximate surface area is 136 Å². The van der Waals surface area contributed by atoms with Crippen LogP contribution in [0.2, 0.25) is 5.02 Å². The summed E-state index contributed by atoms with van der Waals surface area (Å²) in [6.45, 7) is 4.05. The monoisotopic (exact) mass is 364 g/mol. The normalized spacial score (nSPS) is 10.8. The predicted molar refractivity (Wildman–Crippen MR) is 82.2 cm³/mol. The van der Waals surface area contributed by atoms with E-state index in [1.54, 1.807) is 6.92 Å². The van der Waals surface area contributed by atoms with E-state index in [-0.39, 0.29) is 27.3 Å². The molecule has 0 unspecified atom stereocenters. The lowest BCUT2D eigenvalue weighted by Crippen LogP contribution is -1.99. The van der Waals surface area contributed by atoms with Crippen molar-refractivity contribution >= 4 is 44.8 Å². The summed E-state index contributed by atoms with van der Waals surface area (Å²) in [6, 6.07) is 2.35. The van der Waals surface area contributed by atoms with Crippen LogP contribution in [0.5, 0.6) is 0 Å². The molecule has 2 aromatic rings. The summed E-state index contributed by atoms with van der Waals surface area (Å²) in [5.74, 6) is 0. The molecule has 0 fully saturated rings. The van der Waals surface area contributed by atoms with E-state index in [2.05, 4.69) is 9.72 Å². The van der Waals surface area contributed by atoms with Crippen molar-refractivity contribution in [2.45, 2.75) is 18.7 Å². The summed E-state index contributed by atoms with van der Waals surface area (Å²) in [5.41, 5.74) is -0.233. The van der Waals surface area contributed by atoms with Crippen LogP contribution >= 0.6 is 11.6 Å². The number of ether oxygens (including phenoxy) is 1. The van der Waals surface area contributed by atoms with Gasteiger partial charge in [0.25, 0.3) is 22.3 Å². The Hall–Kier alpha value is -2.17. The van der Waals surface area contributed by atoms with Gasteiger partial charge in [0.05, 0.1) is 11.5 Å². The zero-order valence-electron chi connectivity index (χ0n) is 12.1. The number of nitro benzene ring substituents is 1. The Morgan fingerprint density at radius 1 is 1.48 bits per heavy atom. The molecule has 0 saturated heterocycles. The van der Waals surface area contributed by atoms with E-state index in [0.717, 1.165) is 6.07 Å². The van der Waals surface area contributed by atoms with Crippen LogP contribution in [-0.4, -0.2) is 36.0 Å². The van der Waals surface area contributed by atoms with Gasteiger partial charge >= 0.3 is 0 Å². The molecule has 126 valence electrons. The van der Waals surface area contributed by atoms with Crippen LogP contribution in [0, 0.1) is 17.0 Å². The number of hydrogen-bond acceptors (Lipinski definition) is 6. The summed E-state index contributed by atoms with van der Waals surface area (Å²) < 4.78 is 35.8. The number of hydrogen-bond donors (Lipinski definition) is 2. The van der Waals surface area contributed by atoms with Gasteiger partial charge in [-0.1, -0.05) is 11.6 Å². The van der Waals surface area contributed by atoms with Crippen LogP contribution in [0.1, 0.15) is 12.6 Å². The molecule has 0 amide bonds. The lowest BCUT2D eigenvalue weighted by molar-refractivity contribution is -0.383.